The highest BCUT2D eigenvalue weighted by atomic mass is 16.7. The first-order chi connectivity index (χ1) is 9.90. The minimum absolute atomic E-state index is 0.142. The van der Waals surface area contributed by atoms with Crippen LogP contribution in [0.1, 0.15) is 13.8 Å². The van der Waals surface area contributed by atoms with Gasteiger partial charge in [0.15, 0.2) is 0 Å². The third-order valence-corrected chi connectivity index (χ3v) is 4.62. The predicted octanol–water partition coefficient (Wildman–Crippen LogP) is 2.41. The molecular weight excluding hydrogens is 272 g/mol. The van der Waals surface area contributed by atoms with Gasteiger partial charge >= 0.3 is 6.16 Å². The largest absolute Gasteiger partial charge is 0.505 e. The average Bonchev–Trinajstić information content (AvgIpc) is 3.19. The summed E-state index contributed by atoms with van der Waals surface area (Å²) in [5.41, 5.74) is 2.47. The van der Waals surface area contributed by atoms with Gasteiger partial charge in [-0.05, 0) is 18.1 Å². The fraction of sp³-hybridized carbons (Fsp3) is 0.667. The minimum Gasteiger partial charge on any atom is -0.450 e. The molecule has 21 heavy (non-hydrogen) atoms. The van der Waals surface area contributed by atoms with Crippen molar-refractivity contribution in [3.63, 3.8) is 0 Å². The molecule has 2 aliphatic rings. The predicted molar refractivity (Wildman–Crippen MR) is 78.8 cm³/mol. The Labute approximate surface area is 124 Å². The summed E-state index contributed by atoms with van der Waals surface area (Å²) < 4.78 is 5.36. The van der Waals surface area contributed by atoms with Crippen molar-refractivity contribution in [3.8, 4) is 0 Å². The number of carbonyl (C=O) groups is 1. The van der Waals surface area contributed by atoms with Crippen molar-refractivity contribution < 1.29 is 19.1 Å². The van der Waals surface area contributed by atoms with Gasteiger partial charge in [0, 0.05) is 11.8 Å². The number of carboxylic acid groups (broad SMARTS) is 1. The maximum absolute atomic E-state index is 10.9. The molecule has 2 rings (SSSR count). The van der Waals surface area contributed by atoms with Crippen LogP contribution < -0.4 is 0 Å². The standard InChI is InChI=1S/C15H22N2O4/c1-4-17(3,5-6-21-15(18)19)9-11-7-10(2)14(16-20)13-8-12(11)13/h7-8,10,12,14H,4-6,9H2,1-3H3/p+1/t10?,12-,14?,17?/m1/s1. The van der Waals surface area contributed by atoms with Crippen LogP contribution in [0.25, 0.3) is 0 Å². The van der Waals surface area contributed by atoms with Gasteiger partial charge in [0.25, 0.3) is 0 Å². The van der Waals surface area contributed by atoms with Gasteiger partial charge in [0.1, 0.15) is 25.7 Å². The summed E-state index contributed by atoms with van der Waals surface area (Å²) in [6, 6.07) is -0.200. The van der Waals surface area contributed by atoms with Crippen LogP contribution in [0.4, 0.5) is 4.79 Å². The summed E-state index contributed by atoms with van der Waals surface area (Å²) in [4.78, 5) is 21.3. The monoisotopic (exact) mass is 295 g/mol. The molecule has 0 saturated heterocycles. The van der Waals surface area contributed by atoms with Gasteiger partial charge in [0.2, 0.25) is 0 Å². The highest BCUT2D eigenvalue weighted by Gasteiger charge is 2.43. The Morgan fingerprint density at radius 2 is 2.19 bits per heavy atom. The second-order valence-electron chi connectivity index (χ2n) is 6.23. The number of nitroso groups, excluding NO2 is 1. The lowest BCUT2D eigenvalue weighted by molar-refractivity contribution is -0.903. The molecule has 0 aromatic carbocycles. The number of ether oxygens (including phenoxy) is 1. The minimum atomic E-state index is -1.23. The van der Waals surface area contributed by atoms with Crippen molar-refractivity contribution in [2.24, 2.45) is 17.0 Å². The van der Waals surface area contributed by atoms with Gasteiger partial charge < -0.3 is 14.3 Å². The topological polar surface area (TPSA) is 76.0 Å². The van der Waals surface area contributed by atoms with Crippen LogP contribution in [0.15, 0.2) is 28.5 Å². The third kappa shape index (κ3) is 3.50. The SMILES string of the molecule is CC[N+](C)(CCOC(=O)O)CC1=CC(C)C(N=O)C2=C[C@H]12. The molecule has 0 fully saturated rings. The molecule has 116 valence electrons. The van der Waals surface area contributed by atoms with Crippen molar-refractivity contribution in [1.82, 2.24) is 0 Å². The van der Waals surface area contributed by atoms with E-state index in [1.807, 2.05) is 6.92 Å². The zero-order valence-electron chi connectivity index (χ0n) is 12.8. The number of rotatable bonds is 7. The Hall–Kier alpha value is -1.69. The summed E-state index contributed by atoms with van der Waals surface area (Å²) in [6.07, 6.45) is 3.05. The van der Waals surface area contributed by atoms with Crippen molar-refractivity contribution in [1.29, 1.82) is 0 Å². The van der Waals surface area contributed by atoms with Crippen LogP contribution in [0.5, 0.6) is 0 Å². The molecule has 0 aromatic rings. The highest BCUT2D eigenvalue weighted by Crippen LogP contribution is 2.46. The molecule has 0 heterocycles. The van der Waals surface area contributed by atoms with Gasteiger partial charge in [-0.2, -0.15) is 4.91 Å². The van der Waals surface area contributed by atoms with E-state index in [2.05, 4.69) is 36.0 Å². The molecule has 0 amide bonds. The summed E-state index contributed by atoms with van der Waals surface area (Å²) in [6.45, 7) is 6.69. The van der Waals surface area contributed by atoms with Crippen molar-refractivity contribution in [3.05, 3.63) is 28.2 Å². The van der Waals surface area contributed by atoms with Gasteiger partial charge in [-0.25, -0.2) is 4.79 Å². The number of allylic oxidation sites excluding steroid dienone is 1. The van der Waals surface area contributed by atoms with Crippen molar-refractivity contribution in [2.75, 3.05) is 33.3 Å². The molecule has 0 aromatic heterocycles. The second kappa shape index (κ2) is 5.97. The number of hydrogen-bond donors (Lipinski definition) is 1. The zero-order chi connectivity index (χ0) is 15.6. The van der Waals surface area contributed by atoms with E-state index in [9.17, 15) is 9.70 Å². The summed E-state index contributed by atoms with van der Waals surface area (Å²) in [5.74, 6) is 0.441. The lowest BCUT2D eigenvalue weighted by Gasteiger charge is -2.35. The molecule has 0 saturated carbocycles. The Balaban J connectivity index is 1.99. The van der Waals surface area contributed by atoms with Crippen LogP contribution in [-0.4, -0.2) is 55.1 Å². The van der Waals surface area contributed by atoms with Crippen molar-refractivity contribution in [2.45, 2.75) is 19.9 Å². The van der Waals surface area contributed by atoms with Crippen LogP contribution >= 0.6 is 0 Å². The molecule has 6 heteroatoms. The summed E-state index contributed by atoms with van der Waals surface area (Å²) in [5, 5.41) is 11.8. The van der Waals surface area contributed by atoms with E-state index in [1.54, 1.807) is 0 Å². The molecule has 0 spiro atoms. The molecule has 3 unspecified atom stereocenters. The highest BCUT2D eigenvalue weighted by molar-refractivity contribution is 5.56. The lowest BCUT2D eigenvalue weighted by Crippen LogP contribution is -2.48. The fourth-order valence-electron chi connectivity index (χ4n) is 3.04. The maximum atomic E-state index is 10.9. The lowest BCUT2D eigenvalue weighted by atomic mass is 9.87. The number of nitrogens with zero attached hydrogens (tertiary/aromatic N) is 2. The Morgan fingerprint density at radius 3 is 2.76 bits per heavy atom. The van der Waals surface area contributed by atoms with E-state index in [1.165, 1.54) is 5.57 Å². The van der Waals surface area contributed by atoms with E-state index in [0.29, 0.717) is 12.5 Å². The van der Waals surface area contributed by atoms with E-state index >= 15 is 0 Å². The average molecular weight is 295 g/mol. The Morgan fingerprint density at radius 1 is 1.48 bits per heavy atom. The molecule has 0 radical (unpaired) electrons. The molecule has 0 bridgehead atoms. The smallest absolute Gasteiger partial charge is 0.450 e. The van der Waals surface area contributed by atoms with Gasteiger partial charge in [-0.15, -0.1) is 0 Å². The number of quaternary nitrogens is 1. The van der Waals surface area contributed by atoms with E-state index in [0.717, 1.165) is 23.1 Å². The normalized spacial score (nSPS) is 29.6. The molecule has 1 N–H and O–H groups in total. The fourth-order valence-corrected chi connectivity index (χ4v) is 3.04. The Bertz CT molecular complexity index is 500. The van der Waals surface area contributed by atoms with Crippen LogP contribution in [0, 0.1) is 16.7 Å². The second-order valence-corrected chi connectivity index (χ2v) is 6.23. The molecule has 0 aliphatic heterocycles. The quantitative estimate of drug-likeness (QED) is 0.339. The molecule has 2 aliphatic carbocycles. The van der Waals surface area contributed by atoms with Crippen LogP contribution in [-0.2, 0) is 4.74 Å². The number of fused-ring (bicyclic) bond motifs is 1. The van der Waals surface area contributed by atoms with Crippen LogP contribution in [0.2, 0.25) is 0 Å². The summed E-state index contributed by atoms with van der Waals surface area (Å²) >= 11 is 0. The number of likely N-dealkylation sites (N-methyl/N-ethyl adjacent to an activating group) is 1. The van der Waals surface area contributed by atoms with E-state index in [-0.39, 0.29) is 18.6 Å². The third-order valence-electron chi connectivity index (χ3n) is 4.62. The number of hydrogen-bond acceptors (Lipinski definition) is 4. The first-order valence-electron chi connectivity index (χ1n) is 7.34. The van der Waals surface area contributed by atoms with Crippen molar-refractivity contribution >= 4 is 6.16 Å². The molecule has 4 atom stereocenters. The first-order valence-corrected chi connectivity index (χ1v) is 7.34. The Kier molecular flexibility index (Phi) is 4.46. The van der Waals surface area contributed by atoms with Gasteiger partial charge in [-0.3, -0.25) is 0 Å². The van der Waals surface area contributed by atoms with E-state index in [4.69, 9.17) is 5.11 Å². The molecular formula is C15H23N2O4+. The molecule has 6 nitrogen and oxygen atoms in total. The van der Waals surface area contributed by atoms with E-state index < -0.39 is 6.16 Å². The van der Waals surface area contributed by atoms with Gasteiger partial charge in [0.05, 0.1) is 13.6 Å². The van der Waals surface area contributed by atoms with Gasteiger partial charge in [-0.1, -0.05) is 24.3 Å². The summed E-state index contributed by atoms with van der Waals surface area (Å²) in [7, 11) is 2.10. The first kappa shape index (κ1) is 15.7. The maximum Gasteiger partial charge on any atom is 0.505 e. The van der Waals surface area contributed by atoms with Crippen LogP contribution in [0.3, 0.4) is 0 Å². The zero-order valence-corrected chi connectivity index (χ0v) is 12.8.